The molecule has 0 radical (unpaired) electrons. The van der Waals surface area contributed by atoms with Crippen LogP contribution in [0.4, 0.5) is 0 Å². The van der Waals surface area contributed by atoms with Gasteiger partial charge in [0.05, 0.1) is 17.2 Å². The first-order chi connectivity index (χ1) is 9.02. The molecule has 0 amide bonds. The third kappa shape index (κ3) is 2.91. The van der Waals surface area contributed by atoms with Crippen molar-refractivity contribution in [3.63, 3.8) is 0 Å². The molecule has 0 aliphatic rings. The van der Waals surface area contributed by atoms with E-state index in [4.69, 9.17) is 27.9 Å². The molecule has 0 aliphatic carbocycles. The van der Waals surface area contributed by atoms with Gasteiger partial charge < -0.3 is 4.74 Å². The molecule has 0 aromatic heterocycles. The third-order valence-electron chi connectivity index (χ3n) is 2.79. The van der Waals surface area contributed by atoms with Gasteiger partial charge in [-0.3, -0.25) is 4.79 Å². The Balaban J connectivity index is 2.44. The Morgan fingerprint density at radius 3 is 2.11 bits per heavy atom. The van der Waals surface area contributed by atoms with Crippen molar-refractivity contribution in [1.82, 2.24) is 0 Å². The number of halogens is 2. The summed E-state index contributed by atoms with van der Waals surface area (Å²) in [6.07, 6.45) is 0. The van der Waals surface area contributed by atoms with Crippen molar-refractivity contribution in [2.45, 2.75) is 6.92 Å². The van der Waals surface area contributed by atoms with Crippen LogP contribution in [0.2, 0.25) is 10.0 Å². The summed E-state index contributed by atoms with van der Waals surface area (Å²) in [5.41, 5.74) is 1.86. The lowest BCUT2D eigenvalue weighted by molar-refractivity contribution is 0.103. The summed E-state index contributed by atoms with van der Waals surface area (Å²) < 4.78 is 5.05. The summed E-state index contributed by atoms with van der Waals surface area (Å²) in [5, 5.41) is 0.776. The molecule has 2 nitrogen and oxygen atoms in total. The Labute approximate surface area is 121 Å². The molecule has 0 N–H and O–H groups in total. The Morgan fingerprint density at radius 2 is 1.58 bits per heavy atom. The number of rotatable bonds is 3. The van der Waals surface area contributed by atoms with Gasteiger partial charge in [-0.1, -0.05) is 29.3 Å². The lowest BCUT2D eigenvalue weighted by Crippen LogP contribution is -2.03. The van der Waals surface area contributed by atoms with E-state index in [2.05, 4.69) is 0 Å². The van der Waals surface area contributed by atoms with E-state index in [1.54, 1.807) is 37.4 Å². The number of aryl methyl sites for hydroxylation is 1. The zero-order chi connectivity index (χ0) is 14.0. The Kier molecular flexibility index (Phi) is 4.13. The van der Waals surface area contributed by atoms with Crippen LogP contribution in [0.3, 0.4) is 0 Å². The van der Waals surface area contributed by atoms with Crippen LogP contribution in [0.1, 0.15) is 21.5 Å². The Bertz CT molecular complexity index is 636. The normalized spacial score (nSPS) is 10.3. The van der Waals surface area contributed by atoms with Crippen molar-refractivity contribution in [3.8, 4) is 5.75 Å². The maximum Gasteiger partial charge on any atom is 0.196 e. The minimum Gasteiger partial charge on any atom is -0.497 e. The highest BCUT2D eigenvalue weighted by atomic mass is 35.5. The van der Waals surface area contributed by atoms with Gasteiger partial charge in [0, 0.05) is 11.1 Å². The standard InChI is InChI=1S/C15H12Cl2O2/c1-9-3-5-11(13(16)7-9)15(18)12-6-4-10(19-2)8-14(12)17/h3-8H,1-2H3. The second kappa shape index (κ2) is 5.64. The molecule has 19 heavy (non-hydrogen) atoms. The van der Waals surface area contributed by atoms with E-state index >= 15 is 0 Å². The molecule has 0 atom stereocenters. The molecule has 0 unspecified atom stereocenters. The lowest BCUT2D eigenvalue weighted by atomic mass is 10.0. The van der Waals surface area contributed by atoms with Crippen LogP contribution in [-0.2, 0) is 0 Å². The summed E-state index contributed by atoms with van der Waals surface area (Å²) in [5.74, 6) is 0.411. The van der Waals surface area contributed by atoms with Crippen LogP contribution in [-0.4, -0.2) is 12.9 Å². The zero-order valence-electron chi connectivity index (χ0n) is 10.5. The van der Waals surface area contributed by atoms with Crippen LogP contribution < -0.4 is 4.74 Å². The topological polar surface area (TPSA) is 26.3 Å². The van der Waals surface area contributed by atoms with Crippen molar-refractivity contribution >= 4 is 29.0 Å². The second-order valence-electron chi connectivity index (χ2n) is 4.16. The van der Waals surface area contributed by atoms with Gasteiger partial charge in [0.15, 0.2) is 5.78 Å². The first kappa shape index (κ1) is 13.9. The summed E-state index contributed by atoms with van der Waals surface area (Å²) in [6.45, 7) is 1.92. The smallest absolute Gasteiger partial charge is 0.196 e. The number of ketones is 1. The van der Waals surface area contributed by atoms with Crippen LogP contribution in [0.5, 0.6) is 5.75 Å². The Morgan fingerprint density at radius 1 is 1.00 bits per heavy atom. The van der Waals surface area contributed by atoms with Crippen LogP contribution in [0, 0.1) is 6.92 Å². The molecule has 4 heteroatoms. The van der Waals surface area contributed by atoms with Crippen molar-refractivity contribution in [3.05, 3.63) is 63.1 Å². The van der Waals surface area contributed by atoms with E-state index in [9.17, 15) is 4.79 Å². The molecule has 0 heterocycles. The minimum absolute atomic E-state index is 0.197. The highest BCUT2D eigenvalue weighted by Crippen LogP contribution is 2.27. The molecule has 2 aromatic rings. The molecule has 0 bridgehead atoms. The second-order valence-corrected chi connectivity index (χ2v) is 4.97. The molecule has 98 valence electrons. The van der Waals surface area contributed by atoms with E-state index in [1.165, 1.54) is 0 Å². The maximum absolute atomic E-state index is 12.4. The third-order valence-corrected chi connectivity index (χ3v) is 3.42. The molecule has 0 saturated carbocycles. The van der Waals surface area contributed by atoms with Gasteiger partial charge in [0.25, 0.3) is 0 Å². The summed E-state index contributed by atoms with van der Waals surface area (Å²) in [7, 11) is 1.55. The van der Waals surface area contributed by atoms with Gasteiger partial charge in [-0.25, -0.2) is 0 Å². The predicted octanol–water partition coefficient (Wildman–Crippen LogP) is 4.54. The molecule has 0 fully saturated rings. The van der Waals surface area contributed by atoms with Gasteiger partial charge in [0.2, 0.25) is 0 Å². The highest BCUT2D eigenvalue weighted by Gasteiger charge is 2.16. The predicted molar refractivity (Wildman–Crippen MR) is 77.6 cm³/mol. The average molecular weight is 295 g/mol. The van der Waals surface area contributed by atoms with Crippen molar-refractivity contribution in [2.24, 2.45) is 0 Å². The average Bonchev–Trinajstić information content (AvgIpc) is 2.37. The molecular formula is C15H12Cl2O2. The van der Waals surface area contributed by atoms with E-state index in [-0.39, 0.29) is 5.78 Å². The zero-order valence-corrected chi connectivity index (χ0v) is 12.0. The summed E-state index contributed by atoms with van der Waals surface area (Å²) >= 11 is 12.2. The fraction of sp³-hybridized carbons (Fsp3) is 0.133. The van der Waals surface area contributed by atoms with Crippen molar-refractivity contribution in [1.29, 1.82) is 0 Å². The molecule has 0 saturated heterocycles. The largest absolute Gasteiger partial charge is 0.497 e. The van der Waals surface area contributed by atoms with Gasteiger partial charge in [-0.2, -0.15) is 0 Å². The molecule has 2 aromatic carbocycles. The lowest BCUT2D eigenvalue weighted by Gasteiger charge is -2.08. The van der Waals surface area contributed by atoms with Gasteiger partial charge in [-0.15, -0.1) is 0 Å². The first-order valence-electron chi connectivity index (χ1n) is 5.67. The number of carbonyl (C=O) groups excluding carboxylic acids is 1. The molecule has 0 aliphatic heterocycles. The number of carbonyl (C=O) groups is 1. The summed E-state index contributed by atoms with van der Waals surface area (Å²) in [4.78, 5) is 12.4. The number of benzene rings is 2. The molecule has 2 rings (SSSR count). The van der Waals surface area contributed by atoms with Gasteiger partial charge in [0.1, 0.15) is 5.75 Å². The quantitative estimate of drug-likeness (QED) is 0.777. The van der Waals surface area contributed by atoms with E-state index in [0.29, 0.717) is 26.9 Å². The number of hydrogen-bond acceptors (Lipinski definition) is 2. The summed E-state index contributed by atoms with van der Waals surface area (Å²) in [6, 6.07) is 10.3. The number of methoxy groups -OCH3 is 1. The monoisotopic (exact) mass is 294 g/mol. The fourth-order valence-electron chi connectivity index (χ4n) is 1.76. The maximum atomic E-state index is 12.4. The molecule has 0 spiro atoms. The number of ether oxygens (including phenoxy) is 1. The first-order valence-corrected chi connectivity index (χ1v) is 6.43. The SMILES string of the molecule is COc1ccc(C(=O)c2ccc(C)cc2Cl)c(Cl)c1. The molecular weight excluding hydrogens is 283 g/mol. The van der Waals surface area contributed by atoms with Crippen LogP contribution in [0.15, 0.2) is 36.4 Å². The van der Waals surface area contributed by atoms with Crippen LogP contribution >= 0.6 is 23.2 Å². The van der Waals surface area contributed by atoms with Crippen molar-refractivity contribution < 1.29 is 9.53 Å². The highest BCUT2D eigenvalue weighted by molar-refractivity contribution is 6.38. The van der Waals surface area contributed by atoms with Crippen molar-refractivity contribution in [2.75, 3.05) is 7.11 Å². The number of hydrogen-bond donors (Lipinski definition) is 0. The van der Waals surface area contributed by atoms with E-state index in [0.717, 1.165) is 5.56 Å². The Hall–Kier alpha value is -1.51. The van der Waals surface area contributed by atoms with Gasteiger partial charge >= 0.3 is 0 Å². The van der Waals surface area contributed by atoms with E-state index < -0.39 is 0 Å². The van der Waals surface area contributed by atoms with Gasteiger partial charge in [-0.05, 0) is 42.8 Å². The van der Waals surface area contributed by atoms with E-state index in [1.807, 2.05) is 13.0 Å². The fourth-order valence-corrected chi connectivity index (χ4v) is 2.33. The minimum atomic E-state index is -0.197. The van der Waals surface area contributed by atoms with Crippen LogP contribution in [0.25, 0.3) is 0 Å².